The van der Waals surface area contributed by atoms with Gasteiger partial charge in [-0.2, -0.15) is 13.2 Å². The number of hydrogen-bond acceptors (Lipinski definition) is 5. The fraction of sp³-hybridized carbons (Fsp3) is 0.286. The largest absolute Gasteiger partial charge is 0.416 e. The monoisotopic (exact) mass is 484 g/mol. The molecular weight excluding hydrogens is 465 g/mol. The van der Waals surface area contributed by atoms with Gasteiger partial charge in [0.2, 0.25) is 5.91 Å². The molecule has 0 spiro atoms. The number of hydrogen-bond donors (Lipinski definition) is 1. The molecule has 0 saturated carbocycles. The van der Waals surface area contributed by atoms with Crippen molar-refractivity contribution in [1.29, 1.82) is 0 Å². The number of nitrogens with zero attached hydrogens (tertiary/aromatic N) is 3. The Morgan fingerprint density at radius 3 is 2.53 bits per heavy atom. The van der Waals surface area contributed by atoms with E-state index in [9.17, 15) is 18.0 Å². The van der Waals surface area contributed by atoms with Crippen molar-refractivity contribution >= 4 is 35.0 Å². The number of anilines is 1. The van der Waals surface area contributed by atoms with Crippen LogP contribution in [0.25, 0.3) is 11.4 Å². The Kier molecular flexibility index (Phi) is 8.16. The number of ether oxygens (including phenoxy) is 1. The molecule has 0 unspecified atom stereocenters. The van der Waals surface area contributed by atoms with E-state index in [1.807, 2.05) is 22.8 Å². The summed E-state index contributed by atoms with van der Waals surface area (Å²) in [6.07, 6.45) is -3.72. The number of benzene rings is 2. The normalized spacial score (nSPS) is 11.5. The molecule has 1 amide bonds. The number of amides is 1. The minimum absolute atomic E-state index is 0.00591. The van der Waals surface area contributed by atoms with E-state index in [4.69, 9.17) is 16.3 Å². The van der Waals surface area contributed by atoms with Gasteiger partial charge in [0, 0.05) is 31.5 Å². The van der Waals surface area contributed by atoms with Crippen molar-refractivity contribution in [3.8, 4) is 11.4 Å². The van der Waals surface area contributed by atoms with Crippen molar-refractivity contribution in [2.75, 3.05) is 24.8 Å². The molecule has 0 fully saturated rings. The number of carbonyl (C=O) groups is 1. The van der Waals surface area contributed by atoms with E-state index in [1.165, 1.54) is 23.9 Å². The molecule has 0 bridgehead atoms. The van der Waals surface area contributed by atoms with Crippen molar-refractivity contribution in [3.05, 3.63) is 59.1 Å². The summed E-state index contributed by atoms with van der Waals surface area (Å²) in [4.78, 5) is 12.3. The number of thioether (sulfide) groups is 1. The van der Waals surface area contributed by atoms with Gasteiger partial charge in [0.15, 0.2) is 11.0 Å². The third-order valence-electron chi connectivity index (χ3n) is 4.39. The smallest absolute Gasteiger partial charge is 0.385 e. The number of alkyl halides is 3. The molecule has 3 rings (SSSR count). The molecule has 0 aliphatic rings. The van der Waals surface area contributed by atoms with Crippen LogP contribution in [0.3, 0.4) is 0 Å². The highest BCUT2D eigenvalue weighted by molar-refractivity contribution is 7.99. The minimum Gasteiger partial charge on any atom is -0.385 e. The molecule has 1 aromatic heterocycles. The lowest BCUT2D eigenvalue weighted by molar-refractivity contribution is -0.137. The Morgan fingerprint density at radius 1 is 1.16 bits per heavy atom. The molecule has 32 heavy (non-hydrogen) atoms. The van der Waals surface area contributed by atoms with E-state index < -0.39 is 11.7 Å². The van der Waals surface area contributed by atoms with Gasteiger partial charge in [0.25, 0.3) is 0 Å². The van der Waals surface area contributed by atoms with Crippen LogP contribution < -0.4 is 5.32 Å². The van der Waals surface area contributed by atoms with Gasteiger partial charge < -0.3 is 14.6 Å². The van der Waals surface area contributed by atoms with Crippen molar-refractivity contribution in [2.24, 2.45) is 0 Å². The molecule has 6 nitrogen and oxygen atoms in total. The maximum Gasteiger partial charge on any atom is 0.416 e. The van der Waals surface area contributed by atoms with E-state index in [0.29, 0.717) is 35.6 Å². The number of aromatic nitrogens is 3. The SMILES string of the molecule is COCCCn1c(SCC(=O)Nc2ccc(C(F)(F)F)cc2)nnc1-c1ccccc1Cl. The molecule has 0 atom stereocenters. The molecule has 0 aliphatic heterocycles. The zero-order chi connectivity index (χ0) is 23.1. The minimum atomic E-state index is -4.43. The van der Waals surface area contributed by atoms with Gasteiger partial charge in [-0.05, 0) is 42.8 Å². The molecular formula is C21H20ClF3N4O2S. The van der Waals surface area contributed by atoms with Crippen LogP contribution in [0.2, 0.25) is 5.02 Å². The summed E-state index contributed by atoms with van der Waals surface area (Å²) in [5, 5.41) is 12.1. The summed E-state index contributed by atoms with van der Waals surface area (Å²) < 4.78 is 45.0. The topological polar surface area (TPSA) is 69.0 Å². The lowest BCUT2D eigenvalue weighted by atomic mass is 10.2. The average molecular weight is 485 g/mol. The summed E-state index contributed by atoms with van der Waals surface area (Å²) in [7, 11) is 1.61. The lowest BCUT2D eigenvalue weighted by Crippen LogP contribution is -2.15. The molecule has 2 aromatic carbocycles. The van der Waals surface area contributed by atoms with Crippen LogP contribution in [0.5, 0.6) is 0 Å². The Bertz CT molecular complexity index is 1060. The van der Waals surface area contributed by atoms with Crippen molar-refractivity contribution in [1.82, 2.24) is 14.8 Å². The number of halogens is 4. The van der Waals surface area contributed by atoms with Gasteiger partial charge in [-0.3, -0.25) is 4.79 Å². The first-order valence-electron chi connectivity index (χ1n) is 9.56. The Balaban J connectivity index is 1.69. The van der Waals surface area contributed by atoms with E-state index in [1.54, 1.807) is 13.2 Å². The Labute approximate surface area is 192 Å². The fourth-order valence-electron chi connectivity index (χ4n) is 2.88. The third kappa shape index (κ3) is 6.24. The van der Waals surface area contributed by atoms with Crippen molar-refractivity contribution in [2.45, 2.75) is 24.3 Å². The Morgan fingerprint density at radius 2 is 1.88 bits per heavy atom. The average Bonchev–Trinajstić information content (AvgIpc) is 3.15. The summed E-state index contributed by atoms with van der Waals surface area (Å²) in [6.45, 7) is 1.10. The van der Waals surface area contributed by atoms with Gasteiger partial charge in [-0.15, -0.1) is 10.2 Å². The number of rotatable bonds is 9. The van der Waals surface area contributed by atoms with E-state index >= 15 is 0 Å². The van der Waals surface area contributed by atoms with E-state index in [2.05, 4.69) is 15.5 Å². The highest BCUT2D eigenvalue weighted by atomic mass is 35.5. The summed E-state index contributed by atoms with van der Waals surface area (Å²) in [6, 6.07) is 11.5. The first kappa shape index (κ1) is 24.1. The molecule has 0 aliphatic carbocycles. The number of methoxy groups -OCH3 is 1. The van der Waals surface area contributed by atoms with Crippen LogP contribution in [-0.2, 0) is 22.3 Å². The summed E-state index contributed by atoms with van der Waals surface area (Å²) in [5.74, 6) is 0.212. The standard InChI is InChI=1S/C21H20ClF3N4O2S/c1-31-12-4-11-29-19(16-5-2-3-6-17(16)22)27-28-20(29)32-13-18(30)26-15-9-7-14(8-10-15)21(23,24)25/h2-3,5-10H,4,11-13H2,1H3,(H,26,30). The van der Waals surface area contributed by atoms with Crippen LogP contribution >= 0.6 is 23.4 Å². The molecule has 0 saturated heterocycles. The predicted molar refractivity (Wildman–Crippen MR) is 118 cm³/mol. The van der Waals surface area contributed by atoms with Gasteiger partial charge in [0.1, 0.15) is 0 Å². The number of nitrogens with one attached hydrogen (secondary N) is 1. The molecule has 3 aromatic rings. The van der Waals surface area contributed by atoms with Crippen molar-refractivity contribution < 1.29 is 22.7 Å². The quantitative estimate of drug-likeness (QED) is 0.326. The maximum absolute atomic E-state index is 12.7. The van der Waals surface area contributed by atoms with Crippen molar-refractivity contribution in [3.63, 3.8) is 0 Å². The maximum atomic E-state index is 12.7. The van der Waals surface area contributed by atoms with Gasteiger partial charge >= 0.3 is 6.18 Å². The molecule has 0 radical (unpaired) electrons. The fourth-order valence-corrected chi connectivity index (χ4v) is 3.86. The molecule has 1 N–H and O–H groups in total. The summed E-state index contributed by atoms with van der Waals surface area (Å²) >= 11 is 7.49. The lowest BCUT2D eigenvalue weighted by Gasteiger charge is -2.11. The van der Waals surface area contributed by atoms with Gasteiger partial charge in [-0.1, -0.05) is 35.5 Å². The van der Waals surface area contributed by atoms with Gasteiger partial charge in [-0.25, -0.2) is 0 Å². The highest BCUT2D eigenvalue weighted by Gasteiger charge is 2.30. The molecule has 1 heterocycles. The third-order valence-corrected chi connectivity index (χ3v) is 5.69. The second kappa shape index (κ2) is 10.8. The second-order valence-corrected chi connectivity index (χ2v) is 8.05. The van der Waals surface area contributed by atoms with Gasteiger partial charge in [0.05, 0.1) is 16.3 Å². The Hall–Kier alpha value is -2.56. The van der Waals surface area contributed by atoms with E-state index in [-0.39, 0.29) is 17.3 Å². The zero-order valence-corrected chi connectivity index (χ0v) is 18.6. The van der Waals surface area contributed by atoms with Crippen LogP contribution in [-0.4, -0.2) is 40.1 Å². The number of carbonyl (C=O) groups excluding carboxylic acids is 1. The van der Waals surface area contributed by atoms with Crippen LogP contribution in [0.15, 0.2) is 53.7 Å². The predicted octanol–water partition coefficient (Wildman–Crippen LogP) is 5.38. The molecule has 11 heteroatoms. The zero-order valence-electron chi connectivity index (χ0n) is 17.0. The first-order chi connectivity index (χ1) is 15.3. The van der Waals surface area contributed by atoms with Crippen LogP contribution in [0, 0.1) is 0 Å². The van der Waals surface area contributed by atoms with Crippen LogP contribution in [0.1, 0.15) is 12.0 Å². The second-order valence-electron chi connectivity index (χ2n) is 6.70. The summed E-state index contributed by atoms with van der Waals surface area (Å²) in [5.41, 5.74) is 0.225. The molecule has 170 valence electrons. The van der Waals surface area contributed by atoms with E-state index in [0.717, 1.165) is 17.7 Å². The van der Waals surface area contributed by atoms with Crippen LogP contribution in [0.4, 0.5) is 18.9 Å². The first-order valence-corrected chi connectivity index (χ1v) is 10.9. The highest BCUT2D eigenvalue weighted by Crippen LogP contribution is 2.31.